The SMILES string of the molecule is CCCCCCCCCc1ccc(OC(C)C(=O)Nc2cc(Cl)c(C)c(Cl)c2O)cc1. The van der Waals surface area contributed by atoms with Crippen molar-refractivity contribution in [1.29, 1.82) is 0 Å². The van der Waals surface area contributed by atoms with Crippen LogP contribution in [0.4, 0.5) is 5.69 Å². The predicted octanol–water partition coefficient (Wildman–Crippen LogP) is 7.71. The average molecular weight is 466 g/mol. The van der Waals surface area contributed by atoms with E-state index in [4.69, 9.17) is 27.9 Å². The van der Waals surface area contributed by atoms with Crippen molar-refractivity contribution in [1.82, 2.24) is 0 Å². The second-order valence-corrected chi connectivity index (χ2v) is 8.74. The molecule has 1 amide bonds. The molecular weight excluding hydrogens is 433 g/mol. The molecule has 170 valence electrons. The molecule has 31 heavy (non-hydrogen) atoms. The zero-order valence-corrected chi connectivity index (χ0v) is 20.2. The van der Waals surface area contributed by atoms with Gasteiger partial charge in [-0.1, -0.05) is 80.8 Å². The number of aryl methyl sites for hydroxylation is 1. The number of halogens is 2. The van der Waals surface area contributed by atoms with E-state index in [1.807, 2.05) is 24.3 Å². The van der Waals surface area contributed by atoms with Crippen LogP contribution in [0.3, 0.4) is 0 Å². The Labute approximate surface area is 195 Å². The topological polar surface area (TPSA) is 58.6 Å². The molecule has 0 heterocycles. The number of hydrogen-bond acceptors (Lipinski definition) is 3. The fourth-order valence-corrected chi connectivity index (χ4v) is 3.77. The number of unbranched alkanes of at least 4 members (excludes halogenated alkanes) is 6. The molecule has 0 bridgehead atoms. The summed E-state index contributed by atoms with van der Waals surface area (Å²) in [6.07, 6.45) is 9.36. The molecule has 2 aromatic carbocycles. The first-order valence-corrected chi connectivity index (χ1v) is 11.8. The van der Waals surface area contributed by atoms with Crippen LogP contribution in [0.1, 0.15) is 69.9 Å². The smallest absolute Gasteiger partial charge is 0.265 e. The molecule has 2 aromatic rings. The van der Waals surface area contributed by atoms with Crippen molar-refractivity contribution in [2.24, 2.45) is 0 Å². The van der Waals surface area contributed by atoms with Crippen LogP contribution in [0, 0.1) is 6.92 Å². The number of carbonyl (C=O) groups excluding carboxylic acids is 1. The summed E-state index contributed by atoms with van der Waals surface area (Å²) < 4.78 is 5.75. The van der Waals surface area contributed by atoms with E-state index in [2.05, 4.69) is 12.2 Å². The Morgan fingerprint density at radius 1 is 1.06 bits per heavy atom. The summed E-state index contributed by atoms with van der Waals surface area (Å²) in [5.74, 6) is 0.00688. The van der Waals surface area contributed by atoms with Crippen LogP contribution in [0.15, 0.2) is 30.3 Å². The summed E-state index contributed by atoms with van der Waals surface area (Å²) in [4.78, 5) is 12.5. The summed E-state index contributed by atoms with van der Waals surface area (Å²) >= 11 is 12.1. The molecule has 0 aliphatic carbocycles. The number of phenols is 1. The standard InChI is InChI=1S/C25H33Cl2NO3/c1-4-5-6-7-8-9-10-11-19-12-14-20(15-13-19)31-18(3)25(30)28-22-16-21(26)17(2)23(27)24(22)29/h12-16,18,29H,4-11H2,1-3H3,(H,28,30). The number of hydrogen-bond donors (Lipinski definition) is 2. The number of nitrogens with one attached hydrogen (secondary N) is 1. The molecule has 0 aliphatic rings. The lowest BCUT2D eigenvalue weighted by Gasteiger charge is -2.17. The van der Waals surface area contributed by atoms with Crippen molar-refractivity contribution < 1.29 is 14.6 Å². The van der Waals surface area contributed by atoms with Crippen molar-refractivity contribution in [2.75, 3.05) is 5.32 Å². The largest absolute Gasteiger partial charge is 0.504 e. The van der Waals surface area contributed by atoms with E-state index < -0.39 is 12.0 Å². The van der Waals surface area contributed by atoms with E-state index >= 15 is 0 Å². The average Bonchev–Trinajstić information content (AvgIpc) is 2.76. The van der Waals surface area contributed by atoms with Gasteiger partial charge in [-0.3, -0.25) is 4.79 Å². The first-order valence-electron chi connectivity index (χ1n) is 11.1. The maximum absolute atomic E-state index is 12.5. The molecule has 2 rings (SSSR count). The molecular formula is C25H33Cl2NO3. The lowest BCUT2D eigenvalue weighted by molar-refractivity contribution is -0.122. The minimum atomic E-state index is -0.757. The van der Waals surface area contributed by atoms with Gasteiger partial charge in [-0.25, -0.2) is 0 Å². The van der Waals surface area contributed by atoms with Gasteiger partial charge < -0.3 is 15.2 Å². The highest BCUT2D eigenvalue weighted by atomic mass is 35.5. The number of anilines is 1. The van der Waals surface area contributed by atoms with Crippen molar-refractivity contribution >= 4 is 34.8 Å². The third-order valence-electron chi connectivity index (χ3n) is 5.35. The number of aromatic hydroxyl groups is 1. The third-order valence-corrected chi connectivity index (χ3v) is 6.21. The molecule has 0 aliphatic heterocycles. The molecule has 6 heteroatoms. The molecule has 0 radical (unpaired) electrons. The molecule has 4 nitrogen and oxygen atoms in total. The van der Waals surface area contributed by atoms with Crippen LogP contribution < -0.4 is 10.1 Å². The first kappa shape index (κ1) is 25.4. The lowest BCUT2D eigenvalue weighted by atomic mass is 10.0. The highest BCUT2D eigenvalue weighted by Crippen LogP contribution is 2.38. The molecule has 0 saturated heterocycles. The maximum Gasteiger partial charge on any atom is 0.265 e. The zero-order valence-electron chi connectivity index (χ0n) is 18.6. The predicted molar refractivity (Wildman–Crippen MR) is 130 cm³/mol. The van der Waals surface area contributed by atoms with Crippen molar-refractivity contribution in [3.63, 3.8) is 0 Å². The molecule has 0 saturated carbocycles. The number of rotatable bonds is 12. The minimum absolute atomic E-state index is 0.118. The summed E-state index contributed by atoms with van der Waals surface area (Å²) in [6.45, 7) is 5.58. The van der Waals surface area contributed by atoms with Gasteiger partial charge in [0.1, 0.15) is 5.75 Å². The Hall–Kier alpha value is -1.91. The number of amides is 1. The van der Waals surface area contributed by atoms with E-state index in [0.717, 1.165) is 6.42 Å². The Morgan fingerprint density at radius 2 is 1.68 bits per heavy atom. The van der Waals surface area contributed by atoms with Crippen LogP contribution in [0.5, 0.6) is 11.5 Å². The van der Waals surface area contributed by atoms with E-state index in [-0.39, 0.29) is 16.5 Å². The van der Waals surface area contributed by atoms with E-state index in [0.29, 0.717) is 16.3 Å². The first-order chi connectivity index (χ1) is 14.8. The number of phenolic OH excluding ortho intramolecular Hbond substituents is 1. The molecule has 0 fully saturated rings. The van der Waals surface area contributed by atoms with E-state index in [9.17, 15) is 9.90 Å². The van der Waals surface area contributed by atoms with Crippen LogP contribution >= 0.6 is 23.2 Å². The van der Waals surface area contributed by atoms with Gasteiger partial charge >= 0.3 is 0 Å². The zero-order chi connectivity index (χ0) is 22.8. The Balaban J connectivity index is 1.81. The van der Waals surface area contributed by atoms with Crippen molar-refractivity contribution in [3.8, 4) is 11.5 Å². The molecule has 2 N–H and O–H groups in total. The van der Waals surface area contributed by atoms with Crippen LogP contribution in [0.25, 0.3) is 0 Å². The van der Waals surface area contributed by atoms with E-state index in [1.54, 1.807) is 13.8 Å². The van der Waals surface area contributed by atoms with Gasteiger partial charge in [0.05, 0.1) is 10.7 Å². The fraction of sp³-hybridized carbons (Fsp3) is 0.480. The van der Waals surface area contributed by atoms with Gasteiger partial charge in [0, 0.05) is 5.02 Å². The monoisotopic (exact) mass is 465 g/mol. The molecule has 1 unspecified atom stereocenters. The van der Waals surface area contributed by atoms with Crippen LogP contribution in [-0.2, 0) is 11.2 Å². The number of carbonyl (C=O) groups is 1. The third kappa shape index (κ3) is 7.93. The van der Waals surface area contributed by atoms with Gasteiger partial charge in [-0.2, -0.15) is 0 Å². The van der Waals surface area contributed by atoms with Crippen LogP contribution in [-0.4, -0.2) is 17.1 Å². The van der Waals surface area contributed by atoms with Crippen LogP contribution in [0.2, 0.25) is 10.0 Å². The quantitative estimate of drug-likeness (QED) is 0.249. The Kier molecular flexibility index (Phi) is 10.5. The Bertz CT molecular complexity index is 853. The van der Waals surface area contributed by atoms with Gasteiger partial charge in [-0.15, -0.1) is 0 Å². The maximum atomic E-state index is 12.5. The fourth-order valence-electron chi connectivity index (χ4n) is 3.31. The summed E-state index contributed by atoms with van der Waals surface area (Å²) in [7, 11) is 0. The highest BCUT2D eigenvalue weighted by molar-refractivity contribution is 6.37. The van der Waals surface area contributed by atoms with Gasteiger partial charge in [0.25, 0.3) is 5.91 Å². The normalized spacial score (nSPS) is 11.9. The number of ether oxygens (including phenoxy) is 1. The second-order valence-electron chi connectivity index (χ2n) is 7.96. The highest BCUT2D eigenvalue weighted by Gasteiger charge is 2.19. The van der Waals surface area contributed by atoms with Gasteiger partial charge in [0.2, 0.25) is 0 Å². The molecule has 1 atom stereocenters. The molecule has 0 spiro atoms. The summed E-state index contributed by atoms with van der Waals surface area (Å²) in [5.41, 5.74) is 1.98. The molecule has 0 aromatic heterocycles. The lowest BCUT2D eigenvalue weighted by Crippen LogP contribution is -2.30. The van der Waals surface area contributed by atoms with Crippen molar-refractivity contribution in [3.05, 3.63) is 51.5 Å². The van der Waals surface area contributed by atoms with Gasteiger partial charge in [0.15, 0.2) is 11.9 Å². The minimum Gasteiger partial charge on any atom is -0.504 e. The Morgan fingerprint density at radius 3 is 2.32 bits per heavy atom. The summed E-state index contributed by atoms with van der Waals surface area (Å²) in [6, 6.07) is 9.33. The van der Waals surface area contributed by atoms with Crippen molar-refractivity contribution in [2.45, 2.75) is 78.2 Å². The van der Waals surface area contributed by atoms with Gasteiger partial charge in [-0.05, 0) is 56.0 Å². The second kappa shape index (κ2) is 12.8. The van der Waals surface area contributed by atoms with E-state index in [1.165, 1.54) is 56.6 Å². The summed E-state index contributed by atoms with van der Waals surface area (Å²) in [5, 5.41) is 13.3. The number of benzene rings is 2.